The van der Waals surface area contributed by atoms with E-state index in [-0.39, 0.29) is 44.3 Å². The first kappa shape index (κ1) is 17.2. The molecular formula is C13H20N6O6. The molecule has 8 N–H and O–H groups in total. The fourth-order valence-electron chi connectivity index (χ4n) is 3.52. The zero-order valence-electron chi connectivity index (χ0n) is 13.3. The Bertz CT molecular complexity index is 663. The SMILES string of the molecule is NC1=NC2C(COC(=O)CCC(=O)O)N=C(N)N3CCC(O)(O)C23N1. The molecule has 12 heteroatoms. The van der Waals surface area contributed by atoms with Crippen LogP contribution in [0.25, 0.3) is 0 Å². The molecular weight excluding hydrogens is 336 g/mol. The van der Waals surface area contributed by atoms with Crippen molar-refractivity contribution < 1.29 is 29.6 Å². The van der Waals surface area contributed by atoms with E-state index in [1.165, 1.54) is 4.90 Å². The number of carbonyl (C=O) groups excluding carboxylic acids is 1. The third kappa shape index (κ3) is 2.62. The summed E-state index contributed by atoms with van der Waals surface area (Å²) in [7, 11) is 0. The molecule has 3 unspecified atom stereocenters. The number of rotatable bonds is 5. The van der Waals surface area contributed by atoms with Gasteiger partial charge in [0.15, 0.2) is 17.6 Å². The van der Waals surface area contributed by atoms with Crippen LogP contribution in [0, 0.1) is 0 Å². The molecule has 0 saturated carbocycles. The highest BCUT2D eigenvalue weighted by atomic mass is 16.5. The molecule has 3 aliphatic heterocycles. The number of carboxylic acids is 1. The van der Waals surface area contributed by atoms with Crippen LogP contribution in [-0.4, -0.2) is 80.8 Å². The first-order valence-electron chi connectivity index (χ1n) is 7.72. The summed E-state index contributed by atoms with van der Waals surface area (Å²) in [6, 6.07) is -1.64. The van der Waals surface area contributed by atoms with E-state index in [1.54, 1.807) is 0 Å². The zero-order valence-corrected chi connectivity index (χ0v) is 13.3. The predicted molar refractivity (Wildman–Crippen MR) is 83.0 cm³/mol. The number of carboxylic acid groups (broad SMARTS) is 1. The van der Waals surface area contributed by atoms with Gasteiger partial charge in [0.25, 0.3) is 0 Å². The molecule has 3 rings (SSSR count). The van der Waals surface area contributed by atoms with Crippen molar-refractivity contribution in [1.82, 2.24) is 10.2 Å². The van der Waals surface area contributed by atoms with E-state index >= 15 is 0 Å². The van der Waals surface area contributed by atoms with E-state index in [2.05, 4.69) is 15.3 Å². The van der Waals surface area contributed by atoms with E-state index in [4.69, 9.17) is 21.3 Å². The van der Waals surface area contributed by atoms with Crippen LogP contribution in [0.4, 0.5) is 0 Å². The van der Waals surface area contributed by atoms with Crippen LogP contribution in [0.3, 0.4) is 0 Å². The molecule has 0 aromatic carbocycles. The van der Waals surface area contributed by atoms with Crippen LogP contribution >= 0.6 is 0 Å². The van der Waals surface area contributed by atoms with Crippen LogP contribution < -0.4 is 16.8 Å². The van der Waals surface area contributed by atoms with Crippen LogP contribution in [0.15, 0.2) is 9.98 Å². The van der Waals surface area contributed by atoms with Gasteiger partial charge in [0.2, 0.25) is 5.79 Å². The van der Waals surface area contributed by atoms with Crippen molar-refractivity contribution in [2.45, 2.75) is 42.8 Å². The molecule has 1 saturated heterocycles. The topological polar surface area (TPSA) is 196 Å². The van der Waals surface area contributed by atoms with Gasteiger partial charge in [-0.05, 0) is 0 Å². The lowest BCUT2D eigenvalue weighted by Crippen LogP contribution is -2.76. The van der Waals surface area contributed by atoms with Gasteiger partial charge in [-0.1, -0.05) is 0 Å². The molecule has 0 aromatic heterocycles. The molecule has 0 aromatic rings. The number of hydrogen-bond acceptors (Lipinski definition) is 11. The molecule has 3 aliphatic rings. The maximum Gasteiger partial charge on any atom is 0.306 e. The molecule has 0 amide bonds. The molecule has 25 heavy (non-hydrogen) atoms. The van der Waals surface area contributed by atoms with Gasteiger partial charge in [-0.15, -0.1) is 0 Å². The van der Waals surface area contributed by atoms with Crippen LogP contribution in [0.5, 0.6) is 0 Å². The van der Waals surface area contributed by atoms with E-state index in [0.29, 0.717) is 0 Å². The first-order chi connectivity index (χ1) is 11.7. The average Bonchev–Trinajstić information content (AvgIpc) is 3.00. The number of nitrogens with one attached hydrogen (secondary N) is 1. The maximum atomic E-state index is 11.6. The Morgan fingerprint density at radius 2 is 2.04 bits per heavy atom. The highest BCUT2D eigenvalue weighted by Crippen LogP contribution is 2.44. The normalized spacial score (nSPS) is 32.2. The predicted octanol–water partition coefficient (Wildman–Crippen LogP) is -3.54. The van der Waals surface area contributed by atoms with Gasteiger partial charge in [0.05, 0.1) is 12.8 Å². The summed E-state index contributed by atoms with van der Waals surface area (Å²) in [4.78, 5) is 32.0. The van der Waals surface area contributed by atoms with E-state index < -0.39 is 35.5 Å². The Kier molecular flexibility index (Phi) is 3.95. The number of aliphatic carboxylic acids is 1. The lowest BCUT2D eigenvalue weighted by Gasteiger charge is -2.48. The average molecular weight is 356 g/mol. The third-order valence-electron chi connectivity index (χ3n) is 4.64. The molecule has 0 radical (unpaired) electrons. The van der Waals surface area contributed by atoms with Crippen molar-refractivity contribution in [3.63, 3.8) is 0 Å². The lowest BCUT2D eigenvalue weighted by molar-refractivity contribution is -0.221. The number of nitrogens with two attached hydrogens (primary N) is 2. The molecule has 0 aliphatic carbocycles. The van der Waals surface area contributed by atoms with Gasteiger partial charge in [-0.2, -0.15) is 0 Å². The van der Waals surface area contributed by atoms with E-state index in [9.17, 15) is 19.8 Å². The smallest absolute Gasteiger partial charge is 0.306 e. The third-order valence-corrected chi connectivity index (χ3v) is 4.64. The van der Waals surface area contributed by atoms with Crippen molar-refractivity contribution in [2.24, 2.45) is 21.5 Å². The Morgan fingerprint density at radius 3 is 2.72 bits per heavy atom. The Balaban J connectivity index is 1.79. The standard InChI is InChI=1S/C13H20N6O6/c14-10-17-9-6(5-25-8(22)2-1-7(20)21)16-11(15)19-4-3-12(23,24)13(9,19)18-10/h6,9,23-24H,1-5H2,(H2,15,16)(H,20,21)(H3,14,17,18). The fourth-order valence-corrected chi connectivity index (χ4v) is 3.52. The number of ether oxygens (including phenoxy) is 1. The molecule has 12 nitrogen and oxygen atoms in total. The minimum Gasteiger partial charge on any atom is -0.481 e. The van der Waals surface area contributed by atoms with Crippen molar-refractivity contribution in [2.75, 3.05) is 13.2 Å². The second kappa shape index (κ2) is 5.74. The summed E-state index contributed by atoms with van der Waals surface area (Å²) in [5.74, 6) is -3.95. The van der Waals surface area contributed by atoms with Gasteiger partial charge in [0, 0.05) is 13.0 Å². The van der Waals surface area contributed by atoms with E-state index in [1.807, 2.05) is 0 Å². The molecule has 1 fully saturated rings. The Hall–Kier alpha value is -2.60. The zero-order chi connectivity index (χ0) is 18.4. The Morgan fingerprint density at radius 1 is 1.32 bits per heavy atom. The summed E-state index contributed by atoms with van der Waals surface area (Å²) in [5, 5.41) is 32.3. The second-order valence-electron chi connectivity index (χ2n) is 6.20. The van der Waals surface area contributed by atoms with Gasteiger partial charge >= 0.3 is 11.9 Å². The number of hydrogen-bond donors (Lipinski definition) is 6. The fraction of sp³-hybridized carbons (Fsp3) is 0.692. The number of nitrogens with zero attached hydrogens (tertiary/aromatic N) is 3. The van der Waals surface area contributed by atoms with Crippen molar-refractivity contribution in [3.05, 3.63) is 0 Å². The molecule has 3 heterocycles. The number of aliphatic imine (C=N–C) groups is 2. The number of guanidine groups is 2. The summed E-state index contributed by atoms with van der Waals surface area (Å²) in [6.45, 7) is -0.00625. The second-order valence-corrected chi connectivity index (χ2v) is 6.20. The number of carbonyl (C=O) groups is 2. The molecule has 0 bridgehead atoms. The Labute approximate surface area is 142 Å². The van der Waals surface area contributed by atoms with Crippen LogP contribution in [-0.2, 0) is 14.3 Å². The van der Waals surface area contributed by atoms with E-state index in [0.717, 1.165) is 0 Å². The summed E-state index contributed by atoms with van der Waals surface area (Å²) >= 11 is 0. The van der Waals surface area contributed by atoms with Gasteiger partial charge < -0.3 is 41.7 Å². The molecule has 3 atom stereocenters. The minimum atomic E-state index is -2.17. The lowest BCUT2D eigenvalue weighted by atomic mass is 9.87. The summed E-state index contributed by atoms with van der Waals surface area (Å²) < 4.78 is 5.05. The van der Waals surface area contributed by atoms with Gasteiger partial charge in [-0.3, -0.25) is 9.59 Å². The summed E-state index contributed by atoms with van der Waals surface area (Å²) in [6.07, 6.45) is -0.628. The largest absolute Gasteiger partial charge is 0.481 e. The molecule has 1 spiro atoms. The van der Waals surface area contributed by atoms with Gasteiger partial charge in [0.1, 0.15) is 18.7 Å². The number of aliphatic hydroxyl groups is 2. The maximum absolute atomic E-state index is 11.6. The summed E-state index contributed by atoms with van der Waals surface area (Å²) in [5.41, 5.74) is 10.2. The number of esters is 1. The molecule has 138 valence electrons. The monoisotopic (exact) mass is 356 g/mol. The highest BCUT2D eigenvalue weighted by Gasteiger charge is 2.69. The van der Waals surface area contributed by atoms with Crippen LogP contribution in [0.2, 0.25) is 0 Å². The van der Waals surface area contributed by atoms with Crippen LogP contribution in [0.1, 0.15) is 19.3 Å². The van der Waals surface area contributed by atoms with Crippen molar-refractivity contribution in [1.29, 1.82) is 0 Å². The van der Waals surface area contributed by atoms with Gasteiger partial charge in [-0.25, -0.2) is 9.98 Å². The minimum absolute atomic E-state index is 0.000634. The highest BCUT2D eigenvalue weighted by molar-refractivity contribution is 5.87. The quantitative estimate of drug-likeness (QED) is 0.212. The first-order valence-corrected chi connectivity index (χ1v) is 7.72. The van der Waals surface area contributed by atoms with Crippen molar-refractivity contribution >= 4 is 23.9 Å². The van der Waals surface area contributed by atoms with Crippen molar-refractivity contribution in [3.8, 4) is 0 Å².